The molecule has 0 atom stereocenters. The first-order valence-corrected chi connectivity index (χ1v) is 10.1. The third-order valence-corrected chi connectivity index (χ3v) is 4.92. The van der Waals surface area contributed by atoms with Gasteiger partial charge in [0, 0.05) is 25.3 Å². The van der Waals surface area contributed by atoms with E-state index >= 15 is 0 Å². The summed E-state index contributed by atoms with van der Waals surface area (Å²) >= 11 is 6.06. The van der Waals surface area contributed by atoms with Crippen molar-refractivity contribution in [3.63, 3.8) is 0 Å². The molecule has 2 aromatic carbocycles. The molecule has 0 bridgehead atoms. The molecule has 8 nitrogen and oxygen atoms in total. The van der Waals surface area contributed by atoms with Crippen LogP contribution in [0.1, 0.15) is 22.3 Å². The van der Waals surface area contributed by atoms with E-state index in [1.165, 1.54) is 4.68 Å². The summed E-state index contributed by atoms with van der Waals surface area (Å²) in [5.41, 5.74) is 9.53. The summed E-state index contributed by atoms with van der Waals surface area (Å²) in [5.74, 6) is -0.173. The quantitative estimate of drug-likeness (QED) is 0.340. The SMILES string of the molecule is COCCCNC(=O)c1c(N)n(/N=C/c2cccc(Cl)c2)c2nc3ccccc3nc12. The number of nitrogens with one attached hydrogen (secondary N) is 1. The highest BCUT2D eigenvalue weighted by molar-refractivity contribution is 6.30. The third kappa shape index (κ3) is 4.35. The molecule has 0 aliphatic rings. The third-order valence-electron chi connectivity index (χ3n) is 4.68. The summed E-state index contributed by atoms with van der Waals surface area (Å²) < 4.78 is 6.46. The molecule has 4 rings (SSSR count). The molecular formula is C22H21ClN6O2. The minimum Gasteiger partial charge on any atom is -0.385 e. The Morgan fingerprint density at radius 2 is 2.00 bits per heavy atom. The van der Waals surface area contributed by atoms with Gasteiger partial charge in [0.1, 0.15) is 16.9 Å². The number of methoxy groups -OCH3 is 1. The number of nitrogens with two attached hydrogens (primary N) is 1. The number of carbonyl (C=O) groups is 1. The number of para-hydroxylation sites is 2. The number of amides is 1. The highest BCUT2D eigenvalue weighted by Crippen LogP contribution is 2.27. The first-order chi connectivity index (χ1) is 15.1. The summed E-state index contributed by atoms with van der Waals surface area (Å²) in [6, 6.07) is 14.7. The molecular weight excluding hydrogens is 416 g/mol. The van der Waals surface area contributed by atoms with Crippen LogP contribution in [0.2, 0.25) is 5.02 Å². The van der Waals surface area contributed by atoms with Crippen LogP contribution in [0.15, 0.2) is 53.6 Å². The zero-order valence-corrected chi connectivity index (χ0v) is 17.6. The van der Waals surface area contributed by atoms with E-state index in [1.807, 2.05) is 36.4 Å². The van der Waals surface area contributed by atoms with E-state index in [0.29, 0.717) is 46.8 Å². The number of hydrogen-bond donors (Lipinski definition) is 2. The van der Waals surface area contributed by atoms with E-state index in [-0.39, 0.29) is 17.3 Å². The molecule has 4 aromatic rings. The molecule has 0 radical (unpaired) electrons. The second kappa shape index (κ2) is 9.11. The Bertz CT molecular complexity index is 1280. The number of ether oxygens (including phenoxy) is 1. The first kappa shape index (κ1) is 20.8. The molecule has 158 valence electrons. The predicted octanol–water partition coefficient (Wildman–Crippen LogP) is 3.47. The van der Waals surface area contributed by atoms with E-state index in [1.54, 1.807) is 25.5 Å². The van der Waals surface area contributed by atoms with Gasteiger partial charge < -0.3 is 15.8 Å². The van der Waals surface area contributed by atoms with Gasteiger partial charge in [0.15, 0.2) is 5.65 Å². The van der Waals surface area contributed by atoms with Gasteiger partial charge in [-0.15, -0.1) is 0 Å². The lowest BCUT2D eigenvalue weighted by molar-refractivity contribution is 0.0951. The van der Waals surface area contributed by atoms with Gasteiger partial charge in [-0.05, 0) is 36.2 Å². The summed E-state index contributed by atoms with van der Waals surface area (Å²) in [7, 11) is 1.62. The Kier molecular flexibility index (Phi) is 6.11. The Balaban J connectivity index is 1.81. The molecule has 0 saturated heterocycles. The van der Waals surface area contributed by atoms with Crippen molar-refractivity contribution in [2.24, 2.45) is 5.10 Å². The fourth-order valence-electron chi connectivity index (χ4n) is 3.21. The number of halogens is 1. The summed E-state index contributed by atoms with van der Waals surface area (Å²) in [5, 5.41) is 7.92. The van der Waals surface area contributed by atoms with Crippen LogP contribution in [0.5, 0.6) is 0 Å². The molecule has 3 N–H and O–H groups in total. The van der Waals surface area contributed by atoms with Gasteiger partial charge in [0.05, 0.1) is 17.2 Å². The smallest absolute Gasteiger partial charge is 0.257 e. The zero-order chi connectivity index (χ0) is 21.8. The number of nitrogen functional groups attached to an aromatic ring is 1. The molecule has 0 aliphatic carbocycles. The zero-order valence-electron chi connectivity index (χ0n) is 16.9. The van der Waals surface area contributed by atoms with Crippen molar-refractivity contribution in [3.8, 4) is 0 Å². The Morgan fingerprint density at radius 3 is 2.74 bits per heavy atom. The molecule has 31 heavy (non-hydrogen) atoms. The van der Waals surface area contributed by atoms with Gasteiger partial charge >= 0.3 is 0 Å². The largest absolute Gasteiger partial charge is 0.385 e. The maximum atomic E-state index is 12.9. The number of hydrogen-bond acceptors (Lipinski definition) is 6. The van der Waals surface area contributed by atoms with Gasteiger partial charge in [0.25, 0.3) is 5.91 Å². The number of fused-ring (bicyclic) bond motifs is 2. The van der Waals surface area contributed by atoms with Crippen molar-refractivity contribution in [1.82, 2.24) is 20.0 Å². The highest BCUT2D eigenvalue weighted by atomic mass is 35.5. The Hall–Kier alpha value is -3.49. The predicted molar refractivity (Wildman–Crippen MR) is 123 cm³/mol. The average Bonchev–Trinajstić information content (AvgIpc) is 3.04. The van der Waals surface area contributed by atoms with Crippen molar-refractivity contribution < 1.29 is 9.53 Å². The van der Waals surface area contributed by atoms with Crippen molar-refractivity contribution in [1.29, 1.82) is 0 Å². The minimum atomic E-state index is -0.333. The second-order valence-electron chi connectivity index (χ2n) is 6.86. The van der Waals surface area contributed by atoms with Crippen LogP contribution in [0.3, 0.4) is 0 Å². The Labute approximate surface area is 183 Å². The van der Waals surface area contributed by atoms with Gasteiger partial charge in [-0.1, -0.05) is 35.9 Å². The lowest BCUT2D eigenvalue weighted by atomic mass is 10.2. The van der Waals surface area contributed by atoms with Gasteiger partial charge in [0.2, 0.25) is 0 Å². The van der Waals surface area contributed by atoms with Crippen molar-refractivity contribution in [2.75, 3.05) is 26.0 Å². The number of rotatable bonds is 7. The molecule has 2 heterocycles. The number of aromatic nitrogens is 3. The van der Waals surface area contributed by atoms with Gasteiger partial charge in [-0.2, -0.15) is 9.78 Å². The van der Waals surface area contributed by atoms with Gasteiger partial charge in [-0.25, -0.2) is 9.97 Å². The topological polar surface area (TPSA) is 107 Å². The molecule has 0 unspecified atom stereocenters. The first-order valence-electron chi connectivity index (χ1n) is 9.72. The summed E-state index contributed by atoms with van der Waals surface area (Å²) in [6.45, 7) is 0.997. The molecule has 1 amide bonds. The molecule has 0 aliphatic heterocycles. The maximum Gasteiger partial charge on any atom is 0.257 e. The van der Waals surface area contributed by atoms with Crippen LogP contribution < -0.4 is 11.1 Å². The normalized spacial score (nSPS) is 11.5. The van der Waals surface area contributed by atoms with Crippen molar-refractivity contribution in [3.05, 3.63) is 64.7 Å². The van der Waals surface area contributed by atoms with Crippen LogP contribution in [0.4, 0.5) is 5.82 Å². The van der Waals surface area contributed by atoms with E-state index < -0.39 is 0 Å². The van der Waals surface area contributed by atoms with Crippen LogP contribution in [-0.2, 0) is 4.74 Å². The Morgan fingerprint density at radius 1 is 1.23 bits per heavy atom. The van der Waals surface area contributed by atoms with Crippen molar-refractivity contribution >= 4 is 51.7 Å². The molecule has 0 fully saturated rings. The molecule has 2 aromatic heterocycles. The summed E-state index contributed by atoms with van der Waals surface area (Å²) in [4.78, 5) is 22.2. The lowest BCUT2D eigenvalue weighted by Crippen LogP contribution is -2.26. The monoisotopic (exact) mass is 436 g/mol. The summed E-state index contributed by atoms with van der Waals surface area (Å²) in [6.07, 6.45) is 2.29. The fraction of sp³-hybridized carbons (Fsp3) is 0.182. The minimum absolute atomic E-state index is 0.160. The second-order valence-corrected chi connectivity index (χ2v) is 7.29. The number of benzene rings is 2. The highest BCUT2D eigenvalue weighted by Gasteiger charge is 2.23. The van der Waals surface area contributed by atoms with Crippen LogP contribution in [0.25, 0.3) is 22.2 Å². The van der Waals surface area contributed by atoms with E-state index in [4.69, 9.17) is 22.1 Å². The van der Waals surface area contributed by atoms with Crippen LogP contribution in [0, 0.1) is 0 Å². The fourth-order valence-corrected chi connectivity index (χ4v) is 3.41. The van der Waals surface area contributed by atoms with E-state index in [0.717, 1.165) is 5.56 Å². The molecule has 0 saturated carbocycles. The van der Waals surface area contributed by atoms with Crippen LogP contribution in [-0.4, -0.2) is 47.0 Å². The van der Waals surface area contributed by atoms with Gasteiger partial charge in [-0.3, -0.25) is 4.79 Å². The van der Waals surface area contributed by atoms with E-state index in [9.17, 15) is 4.79 Å². The number of anilines is 1. The van der Waals surface area contributed by atoms with Crippen molar-refractivity contribution in [2.45, 2.75) is 6.42 Å². The van der Waals surface area contributed by atoms with Crippen LogP contribution >= 0.6 is 11.6 Å². The standard InChI is InChI=1S/C22H21ClN6O2/c1-31-11-5-10-25-22(30)18-19-21(28-17-9-3-2-8-16(17)27-19)29(20(18)24)26-13-14-6-4-7-15(23)12-14/h2-4,6-9,12-13H,5,10-11,24H2,1H3,(H,25,30)/b26-13+. The number of carbonyl (C=O) groups excluding carboxylic acids is 1. The maximum absolute atomic E-state index is 12.9. The molecule has 0 spiro atoms. The van der Waals surface area contributed by atoms with E-state index in [2.05, 4.69) is 20.4 Å². The number of nitrogens with zero attached hydrogens (tertiary/aromatic N) is 4. The molecule has 9 heteroatoms. The lowest BCUT2D eigenvalue weighted by Gasteiger charge is -2.05. The average molecular weight is 437 g/mol.